The van der Waals surface area contributed by atoms with Gasteiger partial charge in [-0.05, 0) is 37.0 Å². The van der Waals surface area contributed by atoms with Crippen molar-refractivity contribution in [2.24, 2.45) is 0 Å². The maximum absolute atomic E-state index is 12.6. The number of halogens is 2. The first-order valence-electron chi connectivity index (χ1n) is 7.57. The zero-order valence-corrected chi connectivity index (χ0v) is 14.0. The molecule has 1 heterocycles. The summed E-state index contributed by atoms with van der Waals surface area (Å²) in [4.78, 5) is 19.1. The minimum absolute atomic E-state index is 0.165. The number of rotatable bonds is 3. The Hall–Kier alpha value is -1.72. The molecule has 2 aromatic rings. The third kappa shape index (κ3) is 3.46. The normalized spacial score (nSPS) is 15.6. The highest BCUT2D eigenvalue weighted by Crippen LogP contribution is 2.35. The lowest BCUT2D eigenvalue weighted by atomic mass is 9.85. The molecule has 3 rings (SSSR count). The van der Waals surface area contributed by atoms with Gasteiger partial charge in [0.25, 0.3) is 0 Å². The third-order valence-electron chi connectivity index (χ3n) is 4.09. The lowest BCUT2D eigenvalue weighted by molar-refractivity contribution is 0.162. The molecule has 2 N–H and O–H groups in total. The SMILES string of the molecule is Nc1cc(Cl)c(On2nccc(C3CCCCC3)c2=O)c(Cl)c1. The van der Waals surface area contributed by atoms with Gasteiger partial charge in [-0.15, -0.1) is 5.10 Å². The summed E-state index contributed by atoms with van der Waals surface area (Å²) in [5.41, 5.74) is 6.53. The Bertz CT molecular complexity index is 747. The zero-order valence-electron chi connectivity index (χ0n) is 12.5. The summed E-state index contributed by atoms with van der Waals surface area (Å²) in [5, 5.41) is 4.42. The van der Waals surface area contributed by atoms with E-state index in [1.54, 1.807) is 12.3 Å². The van der Waals surface area contributed by atoms with Gasteiger partial charge in [0.05, 0.1) is 16.2 Å². The van der Waals surface area contributed by atoms with Gasteiger partial charge in [-0.1, -0.05) is 47.3 Å². The van der Waals surface area contributed by atoms with Crippen molar-refractivity contribution in [3.8, 4) is 5.75 Å². The van der Waals surface area contributed by atoms with Gasteiger partial charge in [-0.3, -0.25) is 4.79 Å². The highest BCUT2D eigenvalue weighted by atomic mass is 35.5. The summed E-state index contributed by atoms with van der Waals surface area (Å²) in [6.07, 6.45) is 7.10. The van der Waals surface area contributed by atoms with E-state index in [-0.39, 0.29) is 27.3 Å². The molecule has 122 valence electrons. The van der Waals surface area contributed by atoms with Crippen molar-refractivity contribution < 1.29 is 4.84 Å². The first-order valence-corrected chi connectivity index (χ1v) is 8.33. The van der Waals surface area contributed by atoms with Crippen molar-refractivity contribution in [1.82, 2.24) is 9.94 Å². The minimum atomic E-state index is -0.275. The van der Waals surface area contributed by atoms with Gasteiger partial charge in [0, 0.05) is 11.3 Å². The molecule has 0 atom stereocenters. The standard InChI is InChI=1S/C16H17Cl2N3O2/c17-13-8-11(19)9-14(18)15(13)23-21-16(22)12(6-7-20-21)10-4-2-1-3-5-10/h6-10H,1-5,19H2. The highest BCUT2D eigenvalue weighted by Gasteiger charge is 2.20. The molecule has 1 aromatic heterocycles. The lowest BCUT2D eigenvalue weighted by Gasteiger charge is -2.21. The number of benzene rings is 1. The predicted octanol–water partition coefficient (Wildman–Crippen LogP) is 4.02. The molecule has 1 fully saturated rings. The van der Waals surface area contributed by atoms with Crippen LogP contribution in [-0.4, -0.2) is 9.94 Å². The number of nitrogen functional groups attached to an aromatic ring is 1. The van der Waals surface area contributed by atoms with Gasteiger partial charge in [0.2, 0.25) is 0 Å². The van der Waals surface area contributed by atoms with Crippen LogP contribution in [0.3, 0.4) is 0 Å². The van der Waals surface area contributed by atoms with Crippen molar-refractivity contribution in [1.29, 1.82) is 0 Å². The van der Waals surface area contributed by atoms with Crippen LogP contribution in [0.1, 0.15) is 43.6 Å². The molecule has 0 amide bonds. The molecule has 0 bridgehead atoms. The number of nitrogens with zero attached hydrogens (tertiary/aromatic N) is 2. The van der Waals surface area contributed by atoms with Crippen LogP contribution < -0.4 is 16.1 Å². The molecule has 1 aliphatic rings. The number of anilines is 1. The third-order valence-corrected chi connectivity index (χ3v) is 4.65. The van der Waals surface area contributed by atoms with Crippen LogP contribution in [0.25, 0.3) is 0 Å². The van der Waals surface area contributed by atoms with Crippen LogP contribution in [0.5, 0.6) is 5.75 Å². The molecule has 0 unspecified atom stereocenters. The van der Waals surface area contributed by atoms with Crippen molar-refractivity contribution in [3.63, 3.8) is 0 Å². The number of aromatic nitrogens is 2. The topological polar surface area (TPSA) is 70.1 Å². The fourth-order valence-corrected chi connectivity index (χ4v) is 3.52. The molecule has 0 saturated heterocycles. The van der Waals surface area contributed by atoms with E-state index >= 15 is 0 Å². The second-order valence-electron chi connectivity index (χ2n) is 5.70. The molecule has 0 aliphatic heterocycles. The Morgan fingerprint density at radius 1 is 1.17 bits per heavy atom. The van der Waals surface area contributed by atoms with E-state index < -0.39 is 0 Å². The summed E-state index contributed by atoms with van der Waals surface area (Å²) in [7, 11) is 0. The van der Waals surface area contributed by atoms with Crippen LogP contribution in [0.15, 0.2) is 29.2 Å². The highest BCUT2D eigenvalue weighted by molar-refractivity contribution is 6.37. The summed E-state index contributed by atoms with van der Waals surface area (Å²) in [6.45, 7) is 0. The van der Waals surface area contributed by atoms with E-state index in [0.717, 1.165) is 36.1 Å². The molecule has 1 aliphatic carbocycles. The van der Waals surface area contributed by atoms with Crippen LogP contribution in [0, 0.1) is 0 Å². The number of hydrogen-bond acceptors (Lipinski definition) is 4. The Balaban J connectivity index is 1.94. The van der Waals surface area contributed by atoms with Crippen molar-refractivity contribution in [2.45, 2.75) is 38.0 Å². The summed E-state index contributed by atoms with van der Waals surface area (Å²) >= 11 is 12.2. The van der Waals surface area contributed by atoms with E-state index in [4.69, 9.17) is 33.8 Å². The first kappa shape index (κ1) is 16.1. The smallest absolute Gasteiger partial charge is 0.307 e. The molecular weight excluding hydrogens is 337 g/mol. The Kier molecular flexibility index (Phi) is 4.78. The Labute approximate surface area is 143 Å². The van der Waals surface area contributed by atoms with Crippen LogP contribution in [0.4, 0.5) is 5.69 Å². The second kappa shape index (κ2) is 6.81. The van der Waals surface area contributed by atoms with Gasteiger partial charge in [-0.2, -0.15) is 0 Å². The van der Waals surface area contributed by atoms with Gasteiger partial charge >= 0.3 is 5.56 Å². The number of hydrogen-bond donors (Lipinski definition) is 1. The second-order valence-corrected chi connectivity index (χ2v) is 6.52. The number of nitrogens with two attached hydrogens (primary N) is 1. The monoisotopic (exact) mass is 353 g/mol. The Morgan fingerprint density at radius 2 is 1.83 bits per heavy atom. The van der Waals surface area contributed by atoms with Crippen LogP contribution in [0.2, 0.25) is 10.0 Å². The molecule has 5 nitrogen and oxygen atoms in total. The average Bonchev–Trinajstić information content (AvgIpc) is 2.53. The molecule has 0 spiro atoms. The lowest BCUT2D eigenvalue weighted by Crippen LogP contribution is -2.31. The minimum Gasteiger partial charge on any atom is -0.399 e. The van der Waals surface area contributed by atoms with Gasteiger partial charge in [0.15, 0.2) is 5.75 Å². The summed E-state index contributed by atoms with van der Waals surface area (Å²) in [5.74, 6) is 0.421. The fourth-order valence-electron chi connectivity index (χ4n) is 2.95. The van der Waals surface area contributed by atoms with E-state index in [0.29, 0.717) is 5.69 Å². The predicted molar refractivity (Wildman–Crippen MR) is 91.2 cm³/mol. The fraction of sp³-hybridized carbons (Fsp3) is 0.375. The van der Waals surface area contributed by atoms with Gasteiger partial charge in [-0.25, -0.2) is 0 Å². The van der Waals surface area contributed by atoms with Gasteiger partial charge < -0.3 is 10.6 Å². The molecule has 7 heteroatoms. The van der Waals surface area contributed by atoms with E-state index in [1.807, 2.05) is 0 Å². The average molecular weight is 354 g/mol. The Morgan fingerprint density at radius 3 is 2.48 bits per heavy atom. The molecular formula is C16H17Cl2N3O2. The molecule has 23 heavy (non-hydrogen) atoms. The quantitative estimate of drug-likeness (QED) is 0.845. The van der Waals surface area contributed by atoms with E-state index in [2.05, 4.69) is 5.10 Å². The maximum atomic E-state index is 12.6. The largest absolute Gasteiger partial charge is 0.399 e. The van der Waals surface area contributed by atoms with E-state index in [9.17, 15) is 4.79 Å². The summed E-state index contributed by atoms with van der Waals surface area (Å²) in [6, 6.07) is 4.79. The first-order chi connectivity index (χ1) is 11.1. The van der Waals surface area contributed by atoms with Crippen molar-refractivity contribution in [2.75, 3.05) is 5.73 Å². The van der Waals surface area contributed by atoms with E-state index in [1.165, 1.54) is 18.6 Å². The van der Waals surface area contributed by atoms with Crippen molar-refractivity contribution in [3.05, 3.63) is 50.4 Å². The van der Waals surface area contributed by atoms with Gasteiger partial charge in [0.1, 0.15) is 0 Å². The van der Waals surface area contributed by atoms with Crippen molar-refractivity contribution >= 4 is 28.9 Å². The summed E-state index contributed by atoms with van der Waals surface area (Å²) < 4.78 is 0. The molecule has 1 aromatic carbocycles. The molecule has 0 radical (unpaired) electrons. The maximum Gasteiger partial charge on any atom is 0.307 e. The molecule has 1 saturated carbocycles. The van der Waals surface area contributed by atoms with Crippen LogP contribution in [-0.2, 0) is 0 Å². The zero-order chi connectivity index (χ0) is 16.4. The van der Waals surface area contributed by atoms with Crippen LogP contribution >= 0.6 is 23.2 Å².